The van der Waals surface area contributed by atoms with Crippen LogP contribution in [0, 0.1) is 11.8 Å². The molecule has 0 amide bonds. The molecule has 0 saturated carbocycles. The molecule has 0 aliphatic rings. The van der Waals surface area contributed by atoms with Crippen molar-refractivity contribution < 1.29 is 5.11 Å². The number of nitrogens with two attached hydrogens (primary N) is 1. The predicted molar refractivity (Wildman–Crippen MR) is 33.1 cm³/mol. The van der Waals surface area contributed by atoms with Crippen LogP contribution in [0.25, 0.3) is 0 Å². The fourth-order valence-corrected chi connectivity index (χ4v) is 0.279. The van der Waals surface area contributed by atoms with Crippen LogP contribution in [0.5, 0.6) is 0 Å². The van der Waals surface area contributed by atoms with Gasteiger partial charge in [-0.3, -0.25) is 0 Å². The molecule has 2 nitrogen and oxygen atoms in total. The van der Waals surface area contributed by atoms with Gasteiger partial charge in [0.05, 0.1) is 12.6 Å². The lowest BCUT2D eigenvalue weighted by molar-refractivity contribution is 0.287. The van der Waals surface area contributed by atoms with Gasteiger partial charge in [0.2, 0.25) is 0 Å². The van der Waals surface area contributed by atoms with E-state index in [0.717, 1.165) is 6.42 Å². The first-order chi connectivity index (χ1) is 3.81. The first-order valence-electron chi connectivity index (χ1n) is 2.66. The molecule has 8 heavy (non-hydrogen) atoms. The smallest absolute Gasteiger partial charge is 0.0898 e. The Morgan fingerprint density at radius 3 is 2.75 bits per heavy atom. The Labute approximate surface area is 49.7 Å². The van der Waals surface area contributed by atoms with Gasteiger partial charge in [-0.25, -0.2) is 0 Å². The normalized spacial score (nSPS) is 11.9. The third-order valence-electron chi connectivity index (χ3n) is 0.661. The molecule has 1 unspecified atom stereocenters. The molecule has 0 aromatic heterocycles. The summed E-state index contributed by atoms with van der Waals surface area (Å²) in [6.45, 7) is 1.89. The fourth-order valence-electron chi connectivity index (χ4n) is 0.279. The third-order valence-corrected chi connectivity index (χ3v) is 0.661. The van der Waals surface area contributed by atoms with Crippen molar-refractivity contribution in [2.45, 2.75) is 19.4 Å². The zero-order valence-corrected chi connectivity index (χ0v) is 5.02. The second-order valence-corrected chi connectivity index (χ2v) is 1.46. The van der Waals surface area contributed by atoms with E-state index in [1.54, 1.807) is 0 Å². The molecule has 0 aliphatic heterocycles. The van der Waals surface area contributed by atoms with Crippen molar-refractivity contribution in [3.8, 4) is 11.8 Å². The summed E-state index contributed by atoms with van der Waals surface area (Å²) in [4.78, 5) is 0. The zero-order chi connectivity index (χ0) is 6.41. The van der Waals surface area contributed by atoms with E-state index in [0.29, 0.717) is 0 Å². The van der Waals surface area contributed by atoms with Crippen LogP contribution in [-0.4, -0.2) is 17.8 Å². The largest absolute Gasteiger partial charge is 0.394 e. The standard InChI is InChI=1S/C6H11NO/c1-2-3-4-6(7)5-8/h6,8H,2,5,7H2,1H3. The summed E-state index contributed by atoms with van der Waals surface area (Å²) in [5, 5.41) is 8.33. The Hall–Kier alpha value is -0.520. The Morgan fingerprint density at radius 2 is 2.38 bits per heavy atom. The van der Waals surface area contributed by atoms with Crippen LogP contribution < -0.4 is 5.73 Å². The molecule has 3 N–H and O–H groups in total. The topological polar surface area (TPSA) is 46.2 Å². The summed E-state index contributed by atoms with van der Waals surface area (Å²) in [6.07, 6.45) is 0.799. The van der Waals surface area contributed by atoms with Crippen molar-refractivity contribution in [3.05, 3.63) is 0 Å². The fraction of sp³-hybridized carbons (Fsp3) is 0.667. The first-order valence-corrected chi connectivity index (χ1v) is 2.66. The number of hydrogen-bond acceptors (Lipinski definition) is 2. The van der Waals surface area contributed by atoms with E-state index in [1.807, 2.05) is 6.92 Å². The van der Waals surface area contributed by atoms with Gasteiger partial charge >= 0.3 is 0 Å². The van der Waals surface area contributed by atoms with Gasteiger partial charge in [-0.05, 0) is 0 Å². The summed E-state index contributed by atoms with van der Waals surface area (Å²) in [5.74, 6) is 5.42. The molecule has 0 heterocycles. The van der Waals surface area contributed by atoms with E-state index in [2.05, 4.69) is 11.8 Å². The molecule has 0 aliphatic carbocycles. The minimum Gasteiger partial charge on any atom is -0.394 e. The zero-order valence-electron chi connectivity index (χ0n) is 5.02. The van der Waals surface area contributed by atoms with Crippen molar-refractivity contribution in [1.82, 2.24) is 0 Å². The van der Waals surface area contributed by atoms with E-state index in [9.17, 15) is 0 Å². The highest BCUT2D eigenvalue weighted by Gasteiger charge is 1.88. The molecule has 0 rings (SSSR count). The van der Waals surface area contributed by atoms with Gasteiger partial charge in [0.25, 0.3) is 0 Å². The lowest BCUT2D eigenvalue weighted by atomic mass is 10.3. The van der Waals surface area contributed by atoms with E-state index in [4.69, 9.17) is 10.8 Å². The van der Waals surface area contributed by atoms with E-state index in [1.165, 1.54) is 0 Å². The highest BCUT2D eigenvalue weighted by molar-refractivity contribution is 5.05. The maximum Gasteiger partial charge on any atom is 0.0898 e. The first kappa shape index (κ1) is 7.48. The molecular weight excluding hydrogens is 102 g/mol. The van der Waals surface area contributed by atoms with Crippen molar-refractivity contribution in [3.63, 3.8) is 0 Å². The molecule has 1 atom stereocenters. The Balaban J connectivity index is 3.35. The van der Waals surface area contributed by atoms with Crippen LogP contribution in [0.2, 0.25) is 0 Å². The lowest BCUT2D eigenvalue weighted by Gasteiger charge is -1.92. The van der Waals surface area contributed by atoms with Crippen LogP contribution >= 0.6 is 0 Å². The van der Waals surface area contributed by atoms with Gasteiger partial charge in [0.15, 0.2) is 0 Å². The van der Waals surface area contributed by atoms with Gasteiger partial charge in [-0.2, -0.15) is 0 Å². The quantitative estimate of drug-likeness (QED) is 0.459. The van der Waals surface area contributed by atoms with Crippen LogP contribution in [0.4, 0.5) is 0 Å². The molecule has 0 radical (unpaired) electrons. The molecule has 2 heteroatoms. The van der Waals surface area contributed by atoms with Crippen molar-refractivity contribution >= 4 is 0 Å². The molecular formula is C6H11NO. The van der Waals surface area contributed by atoms with Crippen LogP contribution in [-0.2, 0) is 0 Å². The van der Waals surface area contributed by atoms with E-state index >= 15 is 0 Å². The molecule has 0 bridgehead atoms. The Kier molecular flexibility index (Phi) is 4.33. The average molecular weight is 113 g/mol. The Bertz CT molecular complexity index is 101. The van der Waals surface area contributed by atoms with Crippen LogP contribution in [0.15, 0.2) is 0 Å². The van der Waals surface area contributed by atoms with Gasteiger partial charge in [0.1, 0.15) is 0 Å². The second-order valence-electron chi connectivity index (χ2n) is 1.46. The van der Waals surface area contributed by atoms with Crippen molar-refractivity contribution in [2.75, 3.05) is 6.61 Å². The second kappa shape index (κ2) is 4.63. The van der Waals surface area contributed by atoms with Crippen molar-refractivity contribution in [2.24, 2.45) is 5.73 Å². The minimum absolute atomic E-state index is 0.0486. The summed E-state index contributed by atoms with van der Waals surface area (Å²) in [6, 6.07) is -0.352. The van der Waals surface area contributed by atoms with Gasteiger partial charge in [0, 0.05) is 6.42 Å². The predicted octanol–water partition coefficient (Wildman–Crippen LogP) is -0.281. The number of aliphatic hydroxyl groups excluding tert-OH is 1. The molecule has 0 spiro atoms. The molecule has 0 aromatic carbocycles. The van der Waals surface area contributed by atoms with E-state index < -0.39 is 0 Å². The summed E-state index contributed by atoms with van der Waals surface area (Å²) in [7, 11) is 0. The molecule has 0 aromatic rings. The Morgan fingerprint density at radius 1 is 1.75 bits per heavy atom. The van der Waals surface area contributed by atoms with Gasteiger partial charge in [-0.15, -0.1) is 5.92 Å². The molecule has 46 valence electrons. The van der Waals surface area contributed by atoms with Gasteiger partial charge < -0.3 is 10.8 Å². The summed E-state index contributed by atoms with van der Waals surface area (Å²) < 4.78 is 0. The maximum absolute atomic E-state index is 8.33. The summed E-state index contributed by atoms with van der Waals surface area (Å²) >= 11 is 0. The number of hydrogen-bond donors (Lipinski definition) is 2. The highest BCUT2D eigenvalue weighted by Crippen LogP contribution is 1.72. The monoisotopic (exact) mass is 113 g/mol. The van der Waals surface area contributed by atoms with Gasteiger partial charge in [-0.1, -0.05) is 12.8 Å². The lowest BCUT2D eigenvalue weighted by Crippen LogP contribution is -2.21. The molecule has 0 fully saturated rings. The minimum atomic E-state index is -0.352. The van der Waals surface area contributed by atoms with Crippen molar-refractivity contribution in [1.29, 1.82) is 0 Å². The highest BCUT2D eigenvalue weighted by atomic mass is 16.3. The summed E-state index contributed by atoms with van der Waals surface area (Å²) in [5.41, 5.74) is 5.24. The number of aliphatic hydroxyl groups is 1. The SMILES string of the molecule is CCC#CC(N)CO. The maximum atomic E-state index is 8.33. The van der Waals surface area contributed by atoms with Crippen LogP contribution in [0.3, 0.4) is 0 Å². The average Bonchev–Trinajstić information content (AvgIpc) is 1.83. The van der Waals surface area contributed by atoms with Crippen LogP contribution in [0.1, 0.15) is 13.3 Å². The number of rotatable bonds is 1. The third kappa shape index (κ3) is 3.66. The molecule has 0 saturated heterocycles. The van der Waals surface area contributed by atoms with E-state index in [-0.39, 0.29) is 12.6 Å².